The minimum Gasteiger partial charge on any atom is -0.506 e. The first kappa shape index (κ1) is 18.5. The molecule has 2 aromatic rings. The van der Waals surface area contributed by atoms with Crippen LogP contribution in [0.25, 0.3) is 0 Å². The third-order valence-electron chi connectivity index (χ3n) is 2.38. The number of hydrogen-bond acceptors (Lipinski definition) is 7. The minimum absolute atomic E-state index is 0.0980. The Bertz CT molecular complexity index is 754. The summed E-state index contributed by atoms with van der Waals surface area (Å²) in [6, 6.07) is 10.6. The molecule has 1 heterocycles. The topological polar surface area (TPSA) is 115 Å². The van der Waals surface area contributed by atoms with E-state index in [1.54, 1.807) is 24.4 Å². The van der Waals surface area contributed by atoms with E-state index in [0.717, 1.165) is 5.69 Å². The monoisotopic (exact) mass is 338 g/mol. The van der Waals surface area contributed by atoms with Gasteiger partial charge in [-0.05, 0) is 24.3 Å². The number of aromatic nitrogens is 1. The Balaban J connectivity index is 0.000000463. The Morgan fingerprint density at radius 1 is 1.13 bits per heavy atom. The highest BCUT2D eigenvalue weighted by molar-refractivity contribution is 7.85. The first-order valence-electron chi connectivity index (χ1n) is 6.42. The van der Waals surface area contributed by atoms with E-state index in [4.69, 9.17) is 4.55 Å². The fraction of sp³-hybridized carbons (Fsp3) is 0.214. The molecule has 0 unspecified atom stereocenters. The fourth-order valence-corrected chi connectivity index (χ4v) is 1.39. The molecule has 0 aliphatic carbocycles. The Hall–Kier alpha value is -2.52. The van der Waals surface area contributed by atoms with E-state index in [1.165, 1.54) is 0 Å². The summed E-state index contributed by atoms with van der Waals surface area (Å²) in [5.41, 5.74) is 1.33. The maximum absolute atomic E-state index is 9.82. The van der Waals surface area contributed by atoms with Crippen molar-refractivity contribution >= 4 is 27.3 Å². The summed E-state index contributed by atoms with van der Waals surface area (Å²) >= 11 is 0. The van der Waals surface area contributed by atoms with Gasteiger partial charge in [-0.3, -0.25) is 4.55 Å². The highest BCUT2D eigenvalue weighted by atomic mass is 32.2. The number of hydrogen-bond donors (Lipinski definition) is 2. The van der Waals surface area contributed by atoms with Crippen LogP contribution in [0.5, 0.6) is 5.75 Å². The molecule has 23 heavy (non-hydrogen) atoms. The van der Waals surface area contributed by atoms with Crippen LogP contribution in [0.1, 0.15) is 0 Å². The lowest BCUT2D eigenvalue weighted by Crippen LogP contribution is -2.07. The van der Waals surface area contributed by atoms with Crippen molar-refractivity contribution in [2.24, 2.45) is 10.2 Å². The summed E-state index contributed by atoms with van der Waals surface area (Å²) in [4.78, 5) is 5.92. The summed E-state index contributed by atoms with van der Waals surface area (Å²) in [5, 5.41) is 17.7. The Morgan fingerprint density at radius 3 is 2.26 bits per heavy atom. The van der Waals surface area contributed by atoms with E-state index < -0.39 is 10.1 Å². The largest absolute Gasteiger partial charge is 0.506 e. The first-order valence-corrected chi connectivity index (χ1v) is 8.27. The van der Waals surface area contributed by atoms with Crippen LogP contribution in [0.15, 0.2) is 52.8 Å². The van der Waals surface area contributed by atoms with E-state index >= 15 is 0 Å². The number of aromatic hydroxyl groups is 1. The van der Waals surface area contributed by atoms with Crippen LogP contribution in [0.2, 0.25) is 0 Å². The van der Waals surface area contributed by atoms with E-state index in [0.29, 0.717) is 17.8 Å². The number of phenols is 1. The van der Waals surface area contributed by atoms with Gasteiger partial charge >= 0.3 is 0 Å². The molecule has 1 aromatic heterocycles. The molecule has 0 radical (unpaired) electrons. The maximum Gasteiger partial charge on any atom is 0.261 e. The summed E-state index contributed by atoms with van der Waals surface area (Å²) < 4.78 is 25.9. The second kappa shape index (κ2) is 8.20. The van der Waals surface area contributed by atoms with Gasteiger partial charge in [0.1, 0.15) is 11.4 Å². The quantitative estimate of drug-likeness (QED) is 0.657. The smallest absolute Gasteiger partial charge is 0.261 e. The van der Waals surface area contributed by atoms with Crippen molar-refractivity contribution in [3.63, 3.8) is 0 Å². The van der Waals surface area contributed by atoms with Crippen molar-refractivity contribution in [1.29, 1.82) is 0 Å². The summed E-state index contributed by atoms with van der Waals surface area (Å²) in [6.07, 6.45) is 2.36. The number of azo groups is 1. The van der Waals surface area contributed by atoms with Gasteiger partial charge in [0.2, 0.25) is 0 Å². The number of phenolic OH excluding ortho intramolecular Hbond substituents is 1. The lowest BCUT2D eigenvalue weighted by molar-refractivity contribution is 0.476. The molecule has 0 bridgehead atoms. The number of pyridine rings is 1. The Morgan fingerprint density at radius 2 is 1.78 bits per heavy atom. The molecule has 2 rings (SSSR count). The van der Waals surface area contributed by atoms with Crippen LogP contribution in [-0.2, 0) is 10.1 Å². The molecule has 1 aromatic carbocycles. The lowest BCUT2D eigenvalue weighted by Gasteiger charge is -2.12. The molecule has 9 heteroatoms. The van der Waals surface area contributed by atoms with Crippen molar-refractivity contribution in [1.82, 2.24) is 4.98 Å². The highest BCUT2D eigenvalue weighted by Gasteiger charge is 2.03. The molecule has 2 N–H and O–H groups in total. The van der Waals surface area contributed by atoms with Gasteiger partial charge in [0.05, 0.1) is 6.26 Å². The molecule has 8 nitrogen and oxygen atoms in total. The van der Waals surface area contributed by atoms with E-state index in [2.05, 4.69) is 15.2 Å². The van der Waals surface area contributed by atoms with Gasteiger partial charge in [0.15, 0.2) is 5.82 Å². The number of benzene rings is 1. The van der Waals surface area contributed by atoms with Crippen LogP contribution >= 0.6 is 0 Å². The normalized spacial score (nSPS) is 11.0. The summed E-state index contributed by atoms with van der Waals surface area (Å²) in [7, 11) is 0.147. The minimum atomic E-state index is -3.67. The zero-order chi connectivity index (χ0) is 17.5. The molecular weight excluding hydrogens is 320 g/mol. The summed E-state index contributed by atoms with van der Waals surface area (Å²) in [5.74, 6) is 0.606. The molecule has 0 atom stereocenters. The average molecular weight is 338 g/mol. The van der Waals surface area contributed by atoms with Crippen LogP contribution in [-0.4, -0.2) is 43.4 Å². The number of nitrogens with zero attached hydrogens (tertiary/aromatic N) is 4. The molecule has 0 spiro atoms. The standard InChI is InChI=1S/C13H14N4O.CH4O3S/c1-17(2)10-6-7-11(12(18)9-10)15-16-13-5-3-4-8-14-13;1-5(2,3)4/h3-9,18H,1-2H3;1H3,(H,2,3,4). The van der Waals surface area contributed by atoms with E-state index in [9.17, 15) is 13.5 Å². The van der Waals surface area contributed by atoms with Crippen molar-refractivity contribution < 1.29 is 18.1 Å². The van der Waals surface area contributed by atoms with Gasteiger partial charge in [-0.15, -0.1) is 10.2 Å². The fourth-order valence-electron chi connectivity index (χ4n) is 1.39. The van der Waals surface area contributed by atoms with Crippen LogP contribution in [0.4, 0.5) is 17.2 Å². The van der Waals surface area contributed by atoms with Crippen molar-refractivity contribution in [3.05, 3.63) is 42.6 Å². The molecule has 0 amide bonds. The second-order valence-corrected chi connectivity index (χ2v) is 6.15. The van der Waals surface area contributed by atoms with Gasteiger partial charge in [-0.1, -0.05) is 6.07 Å². The Labute approximate surface area is 134 Å². The third-order valence-corrected chi connectivity index (χ3v) is 2.38. The SMILES string of the molecule is CN(C)c1ccc(N=Nc2ccccn2)c(O)c1.CS(=O)(=O)O. The molecule has 0 aliphatic heterocycles. The molecular formula is C14H18N4O4S. The van der Waals surface area contributed by atoms with E-state index in [-0.39, 0.29) is 5.75 Å². The predicted octanol–water partition coefficient (Wildman–Crippen LogP) is 2.77. The van der Waals surface area contributed by atoms with Gasteiger partial charge in [-0.25, -0.2) is 4.98 Å². The number of rotatable bonds is 3. The van der Waals surface area contributed by atoms with Gasteiger partial charge < -0.3 is 10.0 Å². The average Bonchev–Trinajstić information content (AvgIpc) is 2.45. The zero-order valence-electron chi connectivity index (χ0n) is 12.9. The zero-order valence-corrected chi connectivity index (χ0v) is 13.8. The molecule has 0 fully saturated rings. The van der Waals surface area contributed by atoms with Gasteiger partial charge in [0.25, 0.3) is 10.1 Å². The molecule has 0 saturated carbocycles. The third kappa shape index (κ3) is 7.88. The van der Waals surface area contributed by atoms with Gasteiger partial charge in [0, 0.05) is 32.0 Å². The van der Waals surface area contributed by atoms with Crippen molar-refractivity contribution in [2.75, 3.05) is 25.3 Å². The highest BCUT2D eigenvalue weighted by Crippen LogP contribution is 2.31. The predicted molar refractivity (Wildman–Crippen MR) is 88.3 cm³/mol. The second-order valence-electron chi connectivity index (χ2n) is 4.69. The van der Waals surface area contributed by atoms with E-state index in [1.807, 2.05) is 37.2 Å². The van der Waals surface area contributed by atoms with Crippen LogP contribution in [0, 0.1) is 0 Å². The molecule has 0 aliphatic rings. The Kier molecular flexibility index (Phi) is 6.61. The van der Waals surface area contributed by atoms with Crippen LogP contribution < -0.4 is 4.90 Å². The maximum atomic E-state index is 9.82. The van der Waals surface area contributed by atoms with Crippen LogP contribution in [0.3, 0.4) is 0 Å². The lowest BCUT2D eigenvalue weighted by atomic mass is 10.2. The molecule has 0 saturated heterocycles. The van der Waals surface area contributed by atoms with Gasteiger partial charge in [-0.2, -0.15) is 8.42 Å². The molecule has 124 valence electrons. The first-order chi connectivity index (χ1) is 10.7. The van der Waals surface area contributed by atoms with Crippen molar-refractivity contribution in [2.45, 2.75) is 0 Å². The summed E-state index contributed by atoms with van der Waals surface area (Å²) in [6.45, 7) is 0. The van der Waals surface area contributed by atoms with Crippen molar-refractivity contribution in [3.8, 4) is 5.75 Å². The number of anilines is 1.